The standard InChI is InChI=1S/C12H27NS/c1-4-6-7-8-13-9-10-14-11-12(3)5-2/h12-13H,4-11H2,1-3H3. The topological polar surface area (TPSA) is 12.0 Å². The third-order valence-electron chi connectivity index (χ3n) is 2.48. The predicted molar refractivity (Wildman–Crippen MR) is 69.2 cm³/mol. The number of nitrogens with one attached hydrogen (secondary N) is 1. The van der Waals surface area contributed by atoms with E-state index in [0.29, 0.717) is 0 Å². The van der Waals surface area contributed by atoms with Gasteiger partial charge in [0.15, 0.2) is 0 Å². The Morgan fingerprint density at radius 3 is 2.57 bits per heavy atom. The van der Waals surface area contributed by atoms with E-state index in [1.165, 1.54) is 50.3 Å². The molecule has 1 N–H and O–H groups in total. The Morgan fingerprint density at radius 1 is 1.14 bits per heavy atom. The fraction of sp³-hybridized carbons (Fsp3) is 1.00. The molecule has 1 atom stereocenters. The summed E-state index contributed by atoms with van der Waals surface area (Å²) in [7, 11) is 0. The number of hydrogen-bond donors (Lipinski definition) is 1. The minimum Gasteiger partial charge on any atom is -0.316 e. The van der Waals surface area contributed by atoms with Gasteiger partial charge in [0, 0.05) is 12.3 Å². The van der Waals surface area contributed by atoms with Gasteiger partial charge in [-0.2, -0.15) is 11.8 Å². The summed E-state index contributed by atoms with van der Waals surface area (Å²) in [5, 5.41) is 3.49. The quantitative estimate of drug-likeness (QED) is 0.562. The minimum atomic E-state index is 0.889. The highest BCUT2D eigenvalue weighted by Crippen LogP contribution is 2.10. The Balaban J connectivity index is 2.92. The van der Waals surface area contributed by atoms with Crippen molar-refractivity contribution in [3.8, 4) is 0 Å². The van der Waals surface area contributed by atoms with Crippen molar-refractivity contribution >= 4 is 11.8 Å². The molecule has 0 aromatic carbocycles. The molecule has 0 saturated heterocycles. The highest BCUT2D eigenvalue weighted by molar-refractivity contribution is 7.99. The van der Waals surface area contributed by atoms with Crippen LogP contribution in [0.3, 0.4) is 0 Å². The lowest BCUT2D eigenvalue weighted by Crippen LogP contribution is -2.18. The van der Waals surface area contributed by atoms with Crippen molar-refractivity contribution in [1.29, 1.82) is 0 Å². The van der Waals surface area contributed by atoms with Crippen molar-refractivity contribution < 1.29 is 0 Å². The van der Waals surface area contributed by atoms with Crippen LogP contribution in [0.5, 0.6) is 0 Å². The van der Waals surface area contributed by atoms with E-state index in [4.69, 9.17) is 0 Å². The van der Waals surface area contributed by atoms with Crippen LogP contribution in [0.4, 0.5) is 0 Å². The molecule has 0 aliphatic rings. The van der Waals surface area contributed by atoms with E-state index in [1.807, 2.05) is 0 Å². The van der Waals surface area contributed by atoms with E-state index in [-0.39, 0.29) is 0 Å². The smallest absolute Gasteiger partial charge is 0.00582 e. The number of unbranched alkanes of at least 4 members (excludes halogenated alkanes) is 2. The van der Waals surface area contributed by atoms with Gasteiger partial charge in [0.05, 0.1) is 0 Å². The summed E-state index contributed by atoms with van der Waals surface area (Å²) in [6.07, 6.45) is 5.35. The summed E-state index contributed by atoms with van der Waals surface area (Å²) in [5.74, 6) is 3.49. The fourth-order valence-electron chi connectivity index (χ4n) is 1.17. The Morgan fingerprint density at radius 2 is 1.93 bits per heavy atom. The van der Waals surface area contributed by atoms with Crippen LogP contribution in [-0.4, -0.2) is 24.6 Å². The fourth-order valence-corrected chi connectivity index (χ4v) is 2.27. The second-order valence-electron chi connectivity index (χ2n) is 4.05. The van der Waals surface area contributed by atoms with E-state index >= 15 is 0 Å². The summed E-state index contributed by atoms with van der Waals surface area (Å²) < 4.78 is 0. The third kappa shape index (κ3) is 10.4. The molecule has 14 heavy (non-hydrogen) atoms. The third-order valence-corrected chi connectivity index (χ3v) is 3.78. The highest BCUT2D eigenvalue weighted by Gasteiger charge is 1.97. The Labute approximate surface area is 94.4 Å². The Bertz CT molecular complexity index is 106. The molecule has 2 heteroatoms. The lowest BCUT2D eigenvalue weighted by Gasteiger charge is -2.08. The molecule has 0 aromatic rings. The summed E-state index contributed by atoms with van der Waals surface area (Å²) >= 11 is 2.09. The SMILES string of the molecule is CCCCCNCCSCC(C)CC. The first-order valence-corrected chi connectivity index (χ1v) is 7.25. The van der Waals surface area contributed by atoms with Gasteiger partial charge in [-0.15, -0.1) is 0 Å². The molecule has 0 fully saturated rings. The van der Waals surface area contributed by atoms with Crippen LogP contribution >= 0.6 is 11.8 Å². The maximum Gasteiger partial charge on any atom is 0.00582 e. The van der Waals surface area contributed by atoms with Gasteiger partial charge >= 0.3 is 0 Å². The van der Waals surface area contributed by atoms with Gasteiger partial charge < -0.3 is 5.32 Å². The normalized spacial score (nSPS) is 13.1. The van der Waals surface area contributed by atoms with Gasteiger partial charge in [-0.3, -0.25) is 0 Å². The van der Waals surface area contributed by atoms with E-state index in [0.717, 1.165) is 5.92 Å². The number of thioether (sulfide) groups is 1. The second kappa shape index (κ2) is 11.4. The van der Waals surface area contributed by atoms with E-state index in [2.05, 4.69) is 37.8 Å². The molecule has 86 valence electrons. The van der Waals surface area contributed by atoms with Gasteiger partial charge in [0.2, 0.25) is 0 Å². The summed E-state index contributed by atoms with van der Waals surface area (Å²) in [4.78, 5) is 0. The lowest BCUT2D eigenvalue weighted by atomic mass is 10.2. The van der Waals surface area contributed by atoms with Crippen LogP contribution in [0.1, 0.15) is 46.5 Å². The molecule has 1 unspecified atom stereocenters. The lowest BCUT2D eigenvalue weighted by molar-refractivity contribution is 0.629. The Hall–Kier alpha value is 0.310. The zero-order valence-electron chi connectivity index (χ0n) is 10.1. The molecule has 0 aliphatic heterocycles. The molecule has 0 aliphatic carbocycles. The molecule has 0 spiro atoms. The highest BCUT2D eigenvalue weighted by atomic mass is 32.2. The molecule has 0 amide bonds. The van der Waals surface area contributed by atoms with Crippen molar-refractivity contribution in [2.75, 3.05) is 24.6 Å². The Kier molecular flexibility index (Phi) is 11.6. The van der Waals surface area contributed by atoms with Crippen molar-refractivity contribution in [3.63, 3.8) is 0 Å². The summed E-state index contributed by atoms with van der Waals surface area (Å²) in [6.45, 7) is 9.25. The molecular weight excluding hydrogens is 190 g/mol. The van der Waals surface area contributed by atoms with Crippen molar-refractivity contribution in [3.05, 3.63) is 0 Å². The molecular formula is C12H27NS. The number of hydrogen-bond acceptors (Lipinski definition) is 2. The van der Waals surface area contributed by atoms with Crippen LogP contribution in [0.25, 0.3) is 0 Å². The van der Waals surface area contributed by atoms with E-state index < -0.39 is 0 Å². The van der Waals surface area contributed by atoms with Gasteiger partial charge in [-0.25, -0.2) is 0 Å². The minimum absolute atomic E-state index is 0.889. The molecule has 0 radical (unpaired) electrons. The summed E-state index contributed by atoms with van der Waals surface area (Å²) in [5.41, 5.74) is 0. The molecule has 0 rings (SSSR count). The summed E-state index contributed by atoms with van der Waals surface area (Å²) in [6, 6.07) is 0. The molecule has 0 aromatic heterocycles. The first-order valence-electron chi connectivity index (χ1n) is 6.09. The van der Waals surface area contributed by atoms with Crippen molar-refractivity contribution in [2.24, 2.45) is 5.92 Å². The van der Waals surface area contributed by atoms with Crippen LogP contribution in [-0.2, 0) is 0 Å². The first kappa shape index (κ1) is 14.3. The second-order valence-corrected chi connectivity index (χ2v) is 5.20. The molecule has 0 saturated carbocycles. The van der Waals surface area contributed by atoms with E-state index in [9.17, 15) is 0 Å². The van der Waals surface area contributed by atoms with Crippen molar-refractivity contribution in [1.82, 2.24) is 5.32 Å². The van der Waals surface area contributed by atoms with Crippen LogP contribution in [0, 0.1) is 5.92 Å². The van der Waals surface area contributed by atoms with Gasteiger partial charge in [0.1, 0.15) is 0 Å². The maximum absolute atomic E-state index is 3.49. The first-order chi connectivity index (χ1) is 6.81. The monoisotopic (exact) mass is 217 g/mol. The number of rotatable bonds is 10. The van der Waals surface area contributed by atoms with Gasteiger partial charge in [0.25, 0.3) is 0 Å². The largest absolute Gasteiger partial charge is 0.316 e. The zero-order valence-corrected chi connectivity index (χ0v) is 11.0. The average Bonchev–Trinajstić information content (AvgIpc) is 2.21. The van der Waals surface area contributed by atoms with E-state index in [1.54, 1.807) is 0 Å². The van der Waals surface area contributed by atoms with Gasteiger partial charge in [-0.1, -0.05) is 40.0 Å². The molecule has 0 heterocycles. The van der Waals surface area contributed by atoms with Crippen molar-refractivity contribution in [2.45, 2.75) is 46.5 Å². The molecule has 1 nitrogen and oxygen atoms in total. The maximum atomic E-state index is 3.49. The average molecular weight is 217 g/mol. The van der Waals surface area contributed by atoms with Crippen LogP contribution in [0.2, 0.25) is 0 Å². The van der Waals surface area contributed by atoms with Crippen LogP contribution in [0.15, 0.2) is 0 Å². The van der Waals surface area contributed by atoms with Crippen LogP contribution < -0.4 is 5.32 Å². The zero-order chi connectivity index (χ0) is 10.6. The molecule has 0 bridgehead atoms. The predicted octanol–water partition coefficient (Wildman–Crippen LogP) is 3.55. The van der Waals surface area contributed by atoms with Gasteiger partial charge in [-0.05, 0) is 24.6 Å².